The lowest BCUT2D eigenvalue weighted by Crippen LogP contribution is -2.07. The number of hydrogen-bond acceptors (Lipinski definition) is 4. The molecule has 0 aliphatic carbocycles. The van der Waals surface area contributed by atoms with Crippen molar-refractivity contribution < 1.29 is 23.0 Å². The second kappa shape index (κ2) is 6.14. The van der Waals surface area contributed by atoms with E-state index in [4.69, 9.17) is 9.47 Å². The first-order valence-corrected chi connectivity index (χ1v) is 5.89. The van der Waals surface area contributed by atoms with Crippen molar-refractivity contribution in [3.63, 3.8) is 0 Å². The molecule has 0 atom stereocenters. The van der Waals surface area contributed by atoms with Gasteiger partial charge in [-0.2, -0.15) is 5.10 Å². The van der Waals surface area contributed by atoms with Crippen LogP contribution in [0.2, 0.25) is 0 Å². The summed E-state index contributed by atoms with van der Waals surface area (Å²) in [4.78, 5) is 11.6. The maximum absolute atomic E-state index is 13.4. The quantitative estimate of drug-likeness (QED) is 0.855. The van der Waals surface area contributed by atoms with Gasteiger partial charge in [0.05, 0.1) is 12.8 Å². The predicted octanol–water partition coefficient (Wildman–Crippen LogP) is 2.44. The minimum Gasteiger partial charge on any atom is -0.472 e. The highest BCUT2D eigenvalue weighted by Gasteiger charge is 2.16. The number of H-pyrrole nitrogens is 1. The molecule has 1 heterocycles. The van der Waals surface area contributed by atoms with E-state index in [1.165, 1.54) is 12.3 Å². The first-order chi connectivity index (χ1) is 9.61. The maximum atomic E-state index is 13.4. The molecule has 1 N–H and O–H groups in total. The molecular weight excluding hydrogens is 270 g/mol. The van der Waals surface area contributed by atoms with Crippen LogP contribution in [0.25, 0.3) is 0 Å². The number of hydrogen-bond donors (Lipinski definition) is 1. The Kier molecular flexibility index (Phi) is 4.29. The van der Waals surface area contributed by atoms with Gasteiger partial charge in [-0.3, -0.25) is 0 Å². The maximum Gasteiger partial charge on any atom is 0.345 e. The molecular formula is C13H12F2N2O3. The molecule has 1 aromatic heterocycles. The fourth-order valence-corrected chi connectivity index (χ4v) is 1.53. The standard InChI is InChI=1S/C13H12F2N2O3/c1-2-19-13(18)10-6-16-17-12(10)20-7-8-3-4-9(14)5-11(8)15/h3-6H,2,7H2,1H3,(H,16,17). The lowest BCUT2D eigenvalue weighted by Gasteiger charge is -2.07. The van der Waals surface area contributed by atoms with E-state index in [1.54, 1.807) is 6.92 Å². The second-order valence-corrected chi connectivity index (χ2v) is 3.86. The Bertz CT molecular complexity index is 613. The molecule has 0 saturated carbocycles. The summed E-state index contributed by atoms with van der Waals surface area (Å²) < 4.78 is 36.3. The van der Waals surface area contributed by atoms with Crippen LogP contribution in [0.15, 0.2) is 24.4 Å². The molecule has 2 rings (SSSR count). The van der Waals surface area contributed by atoms with E-state index in [2.05, 4.69) is 10.2 Å². The summed E-state index contributed by atoms with van der Waals surface area (Å²) >= 11 is 0. The molecule has 0 fully saturated rings. The highest BCUT2D eigenvalue weighted by Crippen LogP contribution is 2.18. The van der Waals surface area contributed by atoms with E-state index in [0.29, 0.717) is 0 Å². The molecule has 0 amide bonds. The van der Waals surface area contributed by atoms with Gasteiger partial charge < -0.3 is 9.47 Å². The third-order valence-electron chi connectivity index (χ3n) is 2.49. The van der Waals surface area contributed by atoms with Gasteiger partial charge in [-0.25, -0.2) is 18.7 Å². The average Bonchev–Trinajstić information content (AvgIpc) is 2.86. The van der Waals surface area contributed by atoms with Crippen LogP contribution in [0.4, 0.5) is 8.78 Å². The first kappa shape index (κ1) is 14.0. The van der Waals surface area contributed by atoms with Crippen molar-refractivity contribution in [2.75, 3.05) is 6.61 Å². The van der Waals surface area contributed by atoms with Crippen LogP contribution in [0, 0.1) is 11.6 Å². The van der Waals surface area contributed by atoms with Crippen molar-refractivity contribution in [1.82, 2.24) is 10.2 Å². The minimum absolute atomic E-state index is 0.0761. The monoisotopic (exact) mass is 282 g/mol. The summed E-state index contributed by atoms with van der Waals surface area (Å²) in [6.07, 6.45) is 1.26. The zero-order chi connectivity index (χ0) is 14.5. The van der Waals surface area contributed by atoms with Crippen LogP contribution >= 0.6 is 0 Å². The van der Waals surface area contributed by atoms with Gasteiger partial charge >= 0.3 is 5.97 Å². The van der Waals surface area contributed by atoms with Gasteiger partial charge in [-0.05, 0) is 19.1 Å². The van der Waals surface area contributed by atoms with E-state index < -0.39 is 17.6 Å². The number of aromatic nitrogens is 2. The van der Waals surface area contributed by atoms with Crippen LogP contribution in [0.1, 0.15) is 22.8 Å². The molecule has 2 aromatic rings. The summed E-state index contributed by atoms with van der Waals surface area (Å²) in [5.41, 5.74) is 0.283. The van der Waals surface area contributed by atoms with E-state index in [0.717, 1.165) is 12.1 Å². The minimum atomic E-state index is -0.720. The van der Waals surface area contributed by atoms with E-state index in [-0.39, 0.29) is 30.2 Å². The largest absolute Gasteiger partial charge is 0.472 e. The van der Waals surface area contributed by atoms with Gasteiger partial charge in [0.1, 0.15) is 23.8 Å². The Labute approximate surface area is 113 Å². The topological polar surface area (TPSA) is 64.2 Å². The number of esters is 1. The fourth-order valence-electron chi connectivity index (χ4n) is 1.53. The number of ether oxygens (including phenoxy) is 2. The summed E-state index contributed by atoms with van der Waals surface area (Å²) in [7, 11) is 0. The van der Waals surface area contributed by atoms with Gasteiger partial charge in [0, 0.05) is 11.6 Å². The third-order valence-corrected chi connectivity index (χ3v) is 2.49. The number of carbonyl (C=O) groups excluding carboxylic acids is 1. The molecule has 5 nitrogen and oxygen atoms in total. The molecule has 0 radical (unpaired) electrons. The van der Waals surface area contributed by atoms with Gasteiger partial charge in [-0.15, -0.1) is 0 Å². The van der Waals surface area contributed by atoms with Gasteiger partial charge in [-0.1, -0.05) is 0 Å². The summed E-state index contributed by atoms with van der Waals surface area (Å²) in [6, 6.07) is 3.16. The van der Waals surface area contributed by atoms with E-state index in [1.807, 2.05) is 0 Å². The van der Waals surface area contributed by atoms with Gasteiger partial charge in [0.2, 0.25) is 5.88 Å². The molecule has 0 aliphatic rings. The predicted molar refractivity (Wildman–Crippen MR) is 65.2 cm³/mol. The highest BCUT2D eigenvalue weighted by atomic mass is 19.1. The van der Waals surface area contributed by atoms with E-state index >= 15 is 0 Å². The molecule has 0 unspecified atom stereocenters. The van der Waals surface area contributed by atoms with E-state index in [9.17, 15) is 13.6 Å². The lowest BCUT2D eigenvalue weighted by molar-refractivity contribution is 0.0521. The normalized spacial score (nSPS) is 10.3. The molecule has 106 valence electrons. The number of aromatic amines is 1. The summed E-state index contributed by atoms with van der Waals surface area (Å²) in [5.74, 6) is -1.90. The fraction of sp³-hybridized carbons (Fsp3) is 0.231. The summed E-state index contributed by atoms with van der Waals surface area (Å²) in [5, 5.41) is 6.15. The number of nitrogens with one attached hydrogen (secondary N) is 1. The zero-order valence-electron chi connectivity index (χ0n) is 10.7. The van der Waals surface area contributed by atoms with Gasteiger partial charge in [0.25, 0.3) is 0 Å². The van der Waals surface area contributed by atoms with Crippen molar-refractivity contribution in [3.05, 3.63) is 47.2 Å². The smallest absolute Gasteiger partial charge is 0.345 e. The Balaban J connectivity index is 2.08. The second-order valence-electron chi connectivity index (χ2n) is 3.86. The summed E-state index contributed by atoms with van der Waals surface area (Å²) in [6.45, 7) is 1.73. The number of rotatable bonds is 5. The molecule has 1 aromatic carbocycles. The van der Waals surface area contributed by atoms with Crippen LogP contribution in [0.5, 0.6) is 5.88 Å². The molecule has 7 heteroatoms. The zero-order valence-corrected chi connectivity index (χ0v) is 10.7. The number of carbonyl (C=O) groups is 1. The van der Waals surface area contributed by atoms with Crippen molar-refractivity contribution in [3.8, 4) is 5.88 Å². The van der Waals surface area contributed by atoms with Crippen molar-refractivity contribution in [1.29, 1.82) is 0 Å². The van der Waals surface area contributed by atoms with Gasteiger partial charge in [0.15, 0.2) is 0 Å². The van der Waals surface area contributed by atoms with Crippen LogP contribution in [-0.2, 0) is 11.3 Å². The Hall–Kier alpha value is -2.44. The molecule has 20 heavy (non-hydrogen) atoms. The first-order valence-electron chi connectivity index (χ1n) is 5.89. The van der Waals surface area contributed by atoms with Crippen LogP contribution in [0.3, 0.4) is 0 Å². The third kappa shape index (κ3) is 3.11. The number of halogens is 2. The molecule has 0 aliphatic heterocycles. The highest BCUT2D eigenvalue weighted by molar-refractivity contribution is 5.91. The Morgan fingerprint density at radius 3 is 2.90 bits per heavy atom. The number of benzene rings is 1. The SMILES string of the molecule is CCOC(=O)c1cn[nH]c1OCc1ccc(F)cc1F. The van der Waals surface area contributed by atoms with Crippen molar-refractivity contribution in [2.24, 2.45) is 0 Å². The molecule has 0 spiro atoms. The van der Waals surface area contributed by atoms with Crippen LogP contribution < -0.4 is 4.74 Å². The Morgan fingerprint density at radius 1 is 1.40 bits per heavy atom. The average molecular weight is 282 g/mol. The van der Waals surface area contributed by atoms with Crippen molar-refractivity contribution in [2.45, 2.75) is 13.5 Å². The molecule has 0 saturated heterocycles. The Morgan fingerprint density at radius 2 is 2.20 bits per heavy atom. The lowest BCUT2D eigenvalue weighted by atomic mass is 10.2. The number of nitrogens with zero attached hydrogens (tertiary/aromatic N) is 1. The molecule has 0 bridgehead atoms. The van der Waals surface area contributed by atoms with Crippen molar-refractivity contribution >= 4 is 5.97 Å². The van der Waals surface area contributed by atoms with Crippen LogP contribution in [-0.4, -0.2) is 22.8 Å².